The molecule has 0 aliphatic carbocycles. The first-order valence-corrected chi connectivity index (χ1v) is 9.20. The van der Waals surface area contributed by atoms with Crippen LogP contribution in [-0.4, -0.2) is 33.6 Å². The lowest BCUT2D eigenvalue weighted by molar-refractivity contribution is 0.139. The van der Waals surface area contributed by atoms with E-state index >= 15 is 0 Å². The molecular weight excluding hydrogens is 364 g/mol. The van der Waals surface area contributed by atoms with E-state index in [4.69, 9.17) is 4.74 Å². The number of nitrogens with one attached hydrogen (secondary N) is 2. The molecule has 2 N–H and O–H groups in total. The van der Waals surface area contributed by atoms with Crippen molar-refractivity contribution in [2.45, 2.75) is 38.5 Å². The van der Waals surface area contributed by atoms with Crippen LogP contribution < -0.4 is 15.4 Å². The number of aromatic nitrogens is 3. The monoisotopic (exact) mass is 385 g/mol. The maximum Gasteiger partial charge on any atom is 0.268 e. The van der Waals surface area contributed by atoms with Gasteiger partial charge in [0, 0.05) is 44.1 Å². The highest BCUT2D eigenvalue weighted by Gasteiger charge is 2.26. The number of benzene rings is 1. The fourth-order valence-corrected chi connectivity index (χ4v) is 3.34. The maximum absolute atomic E-state index is 13.5. The van der Waals surface area contributed by atoms with E-state index in [2.05, 4.69) is 25.6 Å². The molecule has 1 fully saturated rings. The molecule has 0 spiro atoms. The van der Waals surface area contributed by atoms with Crippen molar-refractivity contribution >= 4 is 16.7 Å². The fraction of sp³-hybridized carbons (Fsp3) is 0.350. The Bertz CT molecular complexity index is 968. The van der Waals surface area contributed by atoms with E-state index < -0.39 is 6.43 Å². The quantitative estimate of drug-likeness (QED) is 0.674. The smallest absolute Gasteiger partial charge is 0.268 e. The zero-order chi connectivity index (χ0) is 19.5. The molecular formula is C20H21F2N5O. The summed E-state index contributed by atoms with van der Waals surface area (Å²) in [6, 6.07) is 6.04. The molecule has 0 amide bonds. The van der Waals surface area contributed by atoms with Gasteiger partial charge in [-0.3, -0.25) is 15.0 Å². The molecule has 0 saturated carbocycles. The van der Waals surface area contributed by atoms with E-state index in [1.54, 1.807) is 12.4 Å². The van der Waals surface area contributed by atoms with Crippen molar-refractivity contribution in [1.82, 2.24) is 20.3 Å². The Morgan fingerprint density at radius 3 is 2.79 bits per heavy atom. The van der Waals surface area contributed by atoms with E-state index in [0.717, 1.165) is 23.0 Å². The number of rotatable bonds is 6. The largest absolute Gasteiger partial charge is 0.486 e. The van der Waals surface area contributed by atoms with Crippen LogP contribution >= 0.6 is 0 Å². The third-order valence-corrected chi connectivity index (χ3v) is 4.77. The van der Waals surface area contributed by atoms with Gasteiger partial charge in [0.25, 0.3) is 6.43 Å². The van der Waals surface area contributed by atoms with E-state index in [0.29, 0.717) is 24.8 Å². The van der Waals surface area contributed by atoms with Crippen LogP contribution in [-0.2, 0) is 6.54 Å². The Morgan fingerprint density at radius 2 is 2.04 bits per heavy atom. The molecule has 1 saturated heterocycles. The van der Waals surface area contributed by atoms with Gasteiger partial charge in [0.2, 0.25) is 0 Å². The number of hydrogen-bond acceptors (Lipinski definition) is 6. The molecule has 2 atom stereocenters. The van der Waals surface area contributed by atoms with Gasteiger partial charge in [0.05, 0.1) is 28.5 Å². The Morgan fingerprint density at radius 1 is 1.21 bits per heavy atom. The predicted molar refractivity (Wildman–Crippen MR) is 103 cm³/mol. The second-order valence-electron chi connectivity index (χ2n) is 6.92. The molecule has 2 aromatic heterocycles. The number of nitrogens with zero attached hydrogens (tertiary/aromatic N) is 3. The van der Waals surface area contributed by atoms with Crippen molar-refractivity contribution < 1.29 is 13.5 Å². The van der Waals surface area contributed by atoms with E-state index in [-0.39, 0.29) is 17.4 Å². The molecule has 0 unspecified atom stereocenters. The summed E-state index contributed by atoms with van der Waals surface area (Å²) in [7, 11) is 0. The zero-order valence-corrected chi connectivity index (χ0v) is 15.4. The summed E-state index contributed by atoms with van der Waals surface area (Å²) in [6.45, 7) is 3.11. The topological polar surface area (TPSA) is 72.0 Å². The van der Waals surface area contributed by atoms with Gasteiger partial charge in [-0.2, -0.15) is 0 Å². The standard InChI is InChI=1S/C20H21F2N5O/c1-12-6-14(9-26-12)28-19-15(20(21)22)10-23-11-18(19)27-8-13-2-3-16-17(7-13)25-5-4-24-16/h2-5,7,10-12,14,20,26-27H,6,8-9H2,1H3/t12-,14-/m1/s1. The molecule has 8 heteroatoms. The molecule has 1 aliphatic heterocycles. The van der Waals surface area contributed by atoms with Gasteiger partial charge in [-0.15, -0.1) is 0 Å². The van der Waals surface area contributed by atoms with Gasteiger partial charge in [-0.05, 0) is 24.6 Å². The summed E-state index contributed by atoms with van der Waals surface area (Å²) in [5.74, 6) is 0.173. The molecule has 28 heavy (non-hydrogen) atoms. The molecule has 3 aromatic rings. The summed E-state index contributed by atoms with van der Waals surface area (Å²) in [6.07, 6.45) is 3.94. The average molecular weight is 385 g/mol. The van der Waals surface area contributed by atoms with Crippen molar-refractivity contribution in [1.29, 1.82) is 0 Å². The summed E-state index contributed by atoms with van der Waals surface area (Å²) in [5.41, 5.74) is 2.80. The first-order chi connectivity index (χ1) is 13.6. The van der Waals surface area contributed by atoms with Gasteiger partial charge < -0.3 is 15.4 Å². The lowest BCUT2D eigenvalue weighted by Crippen LogP contribution is -2.21. The van der Waals surface area contributed by atoms with E-state index in [1.807, 2.05) is 25.1 Å². The minimum atomic E-state index is -2.66. The number of halogens is 2. The molecule has 146 valence electrons. The van der Waals surface area contributed by atoms with Crippen LogP contribution in [0.1, 0.15) is 30.9 Å². The summed E-state index contributed by atoms with van der Waals surface area (Å²) >= 11 is 0. The number of hydrogen-bond donors (Lipinski definition) is 2. The van der Waals surface area contributed by atoms with E-state index in [9.17, 15) is 8.78 Å². The first kappa shape index (κ1) is 18.5. The lowest BCUT2D eigenvalue weighted by atomic mass is 10.1. The van der Waals surface area contributed by atoms with Gasteiger partial charge in [-0.25, -0.2) is 8.78 Å². The molecule has 1 aromatic carbocycles. The van der Waals surface area contributed by atoms with E-state index in [1.165, 1.54) is 12.4 Å². The second-order valence-corrected chi connectivity index (χ2v) is 6.92. The first-order valence-electron chi connectivity index (χ1n) is 9.20. The molecule has 0 bridgehead atoms. The number of pyridine rings is 1. The van der Waals surface area contributed by atoms with Crippen molar-refractivity contribution in [3.05, 3.63) is 54.1 Å². The third-order valence-electron chi connectivity index (χ3n) is 4.77. The molecule has 4 rings (SSSR count). The number of alkyl halides is 2. The van der Waals surface area contributed by atoms with Crippen LogP contribution in [0.15, 0.2) is 43.0 Å². The Kier molecular flexibility index (Phi) is 5.29. The second kappa shape index (κ2) is 8.02. The fourth-order valence-electron chi connectivity index (χ4n) is 3.34. The predicted octanol–water partition coefficient (Wildman–Crippen LogP) is 3.70. The molecule has 1 aliphatic rings. The van der Waals surface area contributed by atoms with Gasteiger partial charge >= 0.3 is 0 Å². The Labute approximate surface area is 161 Å². The summed E-state index contributed by atoms with van der Waals surface area (Å²) in [5, 5.41) is 6.46. The van der Waals surface area contributed by atoms with Crippen LogP contribution in [0.5, 0.6) is 5.75 Å². The van der Waals surface area contributed by atoms with Crippen molar-refractivity contribution in [3.8, 4) is 5.75 Å². The molecule has 0 radical (unpaired) electrons. The van der Waals surface area contributed by atoms with Crippen molar-refractivity contribution in [2.24, 2.45) is 0 Å². The highest BCUT2D eigenvalue weighted by molar-refractivity contribution is 5.74. The minimum Gasteiger partial charge on any atom is -0.486 e. The number of fused-ring (bicyclic) bond motifs is 1. The average Bonchev–Trinajstić information content (AvgIpc) is 3.11. The SMILES string of the molecule is C[C@@H]1C[C@@H](Oc2c(NCc3ccc4nccnc4c3)cncc2C(F)F)CN1. The van der Waals surface area contributed by atoms with Crippen LogP contribution in [0.4, 0.5) is 14.5 Å². The van der Waals surface area contributed by atoms with Crippen LogP contribution in [0.3, 0.4) is 0 Å². The van der Waals surface area contributed by atoms with Gasteiger partial charge in [-0.1, -0.05) is 6.07 Å². The molecule has 6 nitrogen and oxygen atoms in total. The van der Waals surface area contributed by atoms with Crippen molar-refractivity contribution in [3.63, 3.8) is 0 Å². The van der Waals surface area contributed by atoms with Gasteiger partial charge in [0.15, 0.2) is 5.75 Å². The Hall–Kier alpha value is -2.87. The number of anilines is 1. The summed E-state index contributed by atoms with van der Waals surface area (Å²) < 4.78 is 33.0. The summed E-state index contributed by atoms with van der Waals surface area (Å²) in [4.78, 5) is 12.5. The highest BCUT2D eigenvalue weighted by Crippen LogP contribution is 2.36. The molecule has 3 heterocycles. The number of ether oxygens (including phenoxy) is 1. The lowest BCUT2D eigenvalue weighted by Gasteiger charge is -2.20. The normalized spacial score (nSPS) is 19.3. The highest BCUT2D eigenvalue weighted by atomic mass is 19.3. The minimum absolute atomic E-state index is 0.147. The van der Waals surface area contributed by atoms with Crippen LogP contribution in [0.2, 0.25) is 0 Å². The maximum atomic E-state index is 13.5. The van der Waals surface area contributed by atoms with Gasteiger partial charge in [0.1, 0.15) is 6.10 Å². The van der Waals surface area contributed by atoms with Crippen LogP contribution in [0, 0.1) is 0 Å². The Balaban J connectivity index is 1.56. The third kappa shape index (κ3) is 4.01. The van der Waals surface area contributed by atoms with Crippen molar-refractivity contribution in [2.75, 3.05) is 11.9 Å². The van der Waals surface area contributed by atoms with Crippen LogP contribution in [0.25, 0.3) is 11.0 Å². The zero-order valence-electron chi connectivity index (χ0n) is 15.4.